The number of aromatic amines is 2. The van der Waals surface area contributed by atoms with Gasteiger partial charge in [-0.3, -0.25) is 0 Å². The fourth-order valence-electron chi connectivity index (χ4n) is 6.84. The molecule has 2 aliphatic heterocycles. The van der Waals surface area contributed by atoms with Gasteiger partial charge in [-0.25, -0.2) is 9.97 Å². The first-order chi connectivity index (χ1) is 23.8. The molecule has 4 aromatic carbocycles. The van der Waals surface area contributed by atoms with Crippen molar-refractivity contribution in [2.75, 3.05) is 0 Å². The third kappa shape index (κ3) is 5.63. The van der Waals surface area contributed by atoms with Crippen LogP contribution >= 0.6 is 0 Å². The molecule has 7 aromatic rings. The zero-order valence-electron chi connectivity index (χ0n) is 28.8. The van der Waals surface area contributed by atoms with Crippen LogP contribution in [-0.2, 0) is 0 Å². The number of nitrogens with zero attached hydrogens (tertiary/aromatic N) is 2. The topological polar surface area (TPSA) is 57.4 Å². The Morgan fingerprint density at radius 2 is 0.531 bits per heavy atom. The second-order valence-corrected chi connectivity index (χ2v) is 12.0. The third-order valence-electron chi connectivity index (χ3n) is 9.00. The van der Waals surface area contributed by atoms with Crippen LogP contribution in [0.2, 0.25) is 0 Å². The SMILES string of the molecule is C1=Cc2nc1c(-c1ccccc1)c1ccc([nH]1)c(-c1ccccc1)c1nc(c(-c3ccccc3)c3ccc([nH]3)c2-c2ccccc2)C=C1.[H-].[H-].[Mg+2]. The van der Waals surface area contributed by atoms with Crippen LogP contribution in [0.3, 0.4) is 0 Å². The molecule has 5 heterocycles. The minimum Gasteiger partial charge on any atom is -1.00 e. The van der Waals surface area contributed by atoms with Crippen molar-refractivity contribution in [1.29, 1.82) is 0 Å². The summed E-state index contributed by atoms with van der Waals surface area (Å²) in [5, 5.41) is 0. The van der Waals surface area contributed by atoms with Gasteiger partial charge in [-0.15, -0.1) is 0 Å². The van der Waals surface area contributed by atoms with Crippen LogP contribution in [0.15, 0.2) is 146 Å². The molecule has 3 aromatic heterocycles. The normalized spacial score (nSPS) is 11.8. The average Bonchev–Trinajstić information content (AvgIpc) is 3.98. The summed E-state index contributed by atoms with van der Waals surface area (Å²) in [6.45, 7) is 0. The van der Waals surface area contributed by atoms with E-state index in [1.165, 1.54) is 0 Å². The zero-order chi connectivity index (χ0) is 31.9. The number of hydrogen-bond donors (Lipinski definition) is 2. The number of aromatic nitrogens is 4. The first-order valence-electron chi connectivity index (χ1n) is 16.2. The molecule has 0 saturated carbocycles. The van der Waals surface area contributed by atoms with Crippen molar-refractivity contribution >= 4 is 69.4 Å². The van der Waals surface area contributed by atoms with Gasteiger partial charge >= 0.3 is 23.1 Å². The molecule has 0 atom stereocenters. The average molecular weight is 641 g/mol. The summed E-state index contributed by atoms with van der Waals surface area (Å²) < 4.78 is 0. The quantitative estimate of drug-likeness (QED) is 0.188. The number of H-pyrrole nitrogens is 2. The van der Waals surface area contributed by atoms with E-state index in [4.69, 9.17) is 9.97 Å². The molecule has 0 amide bonds. The molecule has 0 unspecified atom stereocenters. The summed E-state index contributed by atoms with van der Waals surface area (Å²) in [5.74, 6) is 0. The first-order valence-corrected chi connectivity index (χ1v) is 16.2. The number of rotatable bonds is 4. The van der Waals surface area contributed by atoms with Crippen molar-refractivity contribution in [3.05, 3.63) is 168 Å². The Balaban J connectivity index is 0.00000149. The summed E-state index contributed by atoms with van der Waals surface area (Å²) >= 11 is 0. The Morgan fingerprint density at radius 3 is 0.755 bits per heavy atom. The summed E-state index contributed by atoms with van der Waals surface area (Å²) in [7, 11) is 0. The van der Waals surface area contributed by atoms with Gasteiger partial charge in [-0.2, -0.15) is 0 Å². The van der Waals surface area contributed by atoms with E-state index in [1.807, 2.05) is 24.3 Å². The van der Waals surface area contributed by atoms with Crippen molar-refractivity contribution in [2.24, 2.45) is 0 Å². The van der Waals surface area contributed by atoms with Gasteiger partial charge < -0.3 is 12.8 Å². The van der Waals surface area contributed by atoms with Crippen LogP contribution in [0.25, 0.3) is 90.9 Å². The van der Waals surface area contributed by atoms with Gasteiger partial charge in [-0.05, 0) is 70.8 Å². The van der Waals surface area contributed by atoms with Crippen LogP contribution in [0.1, 0.15) is 25.6 Å². The minimum absolute atomic E-state index is 0. The summed E-state index contributed by atoms with van der Waals surface area (Å²) in [4.78, 5) is 18.3. The van der Waals surface area contributed by atoms with Gasteiger partial charge in [0.05, 0.1) is 22.8 Å². The van der Waals surface area contributed by atoms with Gasteiger partial charge in [0.2, 0.25) is 0 Å². The fourth-order valence-corrected chi connectivity index (χ4v) is 6.84. The van der Waals surface area contributed by atoms with Crippen molar-refractivity contribution in [3.63, 3.8) is 0 Å². The van der Waals surface area contributed by atoms with E-state index in [2.05, 4.69) is 156 Å². The molecule has 2 N–H and O–H groups in total. The number of fused-ring (bicyclic) bond motifs is 8. The molecule has 230 valence electrons. The van der Waals surface area contributed by atoms with E-state index in [0.717, 1.165) is 89.4 Å². The van der Waals surface area contributed by atoms with Crippen molar-refractivity contribution in [1.82, 2.24) is 19.9 Å². The molecular weight excluding hydrogens is 609 g/mol. The predicted molar refractivity (Wildman–Crippen MR) is 209 cm³/mol. The Kier molecular flexibility index (Phi) is 8.13. The van der Waals surface area contributed by atoms with Crippen LogP contribution in [0, 0.1) is 0 Å². The van der Waals surface area contributed by atoms with Crippen LogP contribution < -0.4 is 0 Å². The van der Waals surface area contributed by atoms with Crippen molar-refractivity contribution in [2.45, 2.75) is 0 Å². The molecule has 5 heteroatoms. The van der Waals surface area contributed by atoms with Crippen LogP contribution in [0.5, 0.6) is 0 Å². The second-order valence-electron chi connectivity index (χ2n) is 12.0. The van der Waals surface area contributed by atoms with E-state index in [9.17, 15) is 0 Å². The minimum atomic E-state index is 0. The van der Waals surface area contributed by atoms with E-state index >= 15 is 0 Å². The molecular formula is C44H32MgN4. The third-order valence-corrected chi connectivity index (χ3v) is 9.00. The Hall–Kier alpha value is -5.75. The summed E-state index contributed by atoms with van der Waals surface area (Å²) in [6.07, 6.45) is 8.54. The number of benzene rings is 4. The van der Waals surface area contributed by atoms with Crippen molar-refractivity contribution in [3.8, 4) is 44.5 Å². The maximum atomic E-state index is 5.35. The van der Waals surface area contributed by atoms with E-state index < -0.39 is 0 Å². The van der Waals surface area contributed by atoms with E-state index in [1.54, 1.807) is 0 Å². The maximum Gasteiger partial charge on any atom is 2.00 e. The molecule has 49 heavy (non-hydrogen) atoms. The molecule has 0 aliphatic carbocycles. The smallest absolute Gasteiger partial charge is 1.00 e. The molecule has 0 fully saturated rings. The molecule has 9 rings (SSSR count). The Labute approximate surface area is 303 Å². The van der Waals surface area contributed by atoms with Gasteiger partial charge in [0, 0.05) is 44.3 Å². The standard InChI is InChI=1S/C44H30N4.Mg.2H/c1-5-13-29(14-6-1)41-33-21-23-35(45-33)42(30-15-7-2-8-16-30)37-25-27-39(47-37)44(32-19-11-4-12-20-32)40-28-26-38(48-40)43(31-17-9-3-10-18-31)36-24-22-34(41)46-36;;;/h1-28,45,48H;;;/q;+2;2*-1. The molecule has 8 bridgehead atoms. The predicted octanol–water partition coefficient (Wildman–Crippen LogP) is 11.2. The first kappa shape index (κ1) is 30.6. The molecule has 0 spiro atoms. The van der Waals surface area contributed by atoms with Crippen LogP contribution in [0.4, 0.5) is 0 Å². The fraction of sp³-hybridized carbons (Fsp3) is 0. The largest absolute Gasteiger partial charge is 2.00 e. The molecule has 2 aliphatic rings. The molecule has 4 nitrogen and oxygen atoms in total. The summed E-state index contributed by atoms with van der Waals surface area (Å²) in [5.41, 5.74) is 16.2. The number of nitrogens with one attached hydrogen (secondary N) is 2. The van der Waals surface area contributed by atoms with Crippen molar-refractivity contribution < 1.29 is 2.85 Å². The number of hydrogen-bond acceptors (Lipinski definition) is 2. The van der Waals surface area contributed by atoms with Crippen LogP contribution in [-0.4, -0.2) is 43.0 Å². The van der Waals surface area contributed by atoms with Gasteiger partial charge in [0.15, 0.2) is 0 Å². The Bertz CT molecular complexity index is 2190. The zero-order valence-corrected chi connectivity index (χ0v) is 28.2. The molecule has 0 saturated heterocycles. The monoisotopic (exact) mass is 640 g/mol. The van der Waals surface area contributed by atoms with Gasteiger partial charge in [-0.1, -0.05) is 121 Å². The van der Waals surface area contributed by atoms with E-state index in [-0.39, 0.29) is 25.9 Å². The molecule has 0 radical (unpaired) electrons. The summed E-state index contributed by atoms with van der Waals surface area (Å²) in [6, 6.07) is 50.7. The van der Waals surface area contributed by atoms with Gasteiger partial charge in [0.25, 0.3) is 0 Å². The Morgan fingerprint density at radius 1 is 0.306 bits per heavy atom. The second kappa shape index (κ2) is 13.0. The maximum absolute atomic E-state index is 5.35. The van der Waals surface area contributed by atoms with E-state index in [0.29, 0.717) is 0 Å². The van der Waals surface area contributed by atoms with Gasteiger partial charge in [0.1, 0.15) is 0 Å².